The van der Waals surface area contributed by atoms with Gasteiger partial charge in [0.2, 0.25) is 0 Å². The van der Waals surface area contributed by atoms with Crippen molar-refractivity contribution in [3.05, 3.63) is 23.8 Å². The number of β-amino-alcohol motifs (C(OH)–C–C–N with tert-alkyl or cyclic N) is 1. The fourth-order valence-electron chi connectivity index (χ4n) is 5.40. The highest BCUT2D eigenvalue weighted by atomic mass is 16.5. The molecule has 0 bridgehead atoms. The Balaban J connectivity index is 2.88. The van der Waals surface area contributed by atoms with Crippen LogP contribution < -0.4 is 5.32 Å². The lowest BCUT2D eigenvalue weighted by molar-refractivity contribution is -0.160. The van der Waals surface area contributed by atoms with Crippen molar-refractivity contribution in [1.82, 2.24) is 5.32 Å². The first-order valence-electron chi connectivity index (χ1n) is 16.3. The highest BCUT2D eigenvalue weighted by molar-refractivity contribution is 5.84. The van der Waals surface area contributed by atoms with E-state index < -0.39 is 36.3 Å². The minimum Gasteiger partial charge on any atom is -0.452 e. The van der Waals surface area contributed by atoms with Gasteiger partial charge in [0.15, 0.2) is 6.10 Å². The first kappa shape index (κ1) is 38.0. The van der Waals surface area contributed by atoms with Gasteiger partial charge in [0.25, 0.3) is 5.91 Å². The Hall–Kier alpha value is -2.03. The number of hydrogen-bond acceptors (Lipinski definition) is 7. The lowest BCUT2D eigenvalue weighted by atomic mass is 9.92. The lowest BCUT2D eigenvalue weighted by Gasteiger charge is -2.23. The highest BCUT2D eigenvalue weighted by Gasteiger charge is 2.27. The number of ether oxygens (including phenoxy) is 1. The predicted molar refractivity (Wildman–Crippen MR) is 167 cm³/mol. The summed E-state index contributed by atoms with van der Waals surface area (Å²) in [4.78, 5) is 38.0. The Morgan fingerprint density at radius 1 is 0.905 bits per heavy atom. The SMILES string of the molecule is CCC[C@@H]1OC(=O)[C@@H](C)C[C@H](C)CCCCC(=O)CCC[C@@H](CC)/C=C/C=C(\C)CC[C@@H](O)[C@@H](O)C[C@H](O)CNC1=O. The van der Waals surface area contributed by atoms with E-state index in [1.165, 1.54) is 0 Å². The van der Waals surface area contributed by atoms with Gasteiger partial charge in [-0.2, -0.15) is 0 Å². The number of aliphatic hydroxyl groups is 3. The second kappa shape index (κ2) is 21.6. The molecule has 0 aromatic rings. The largest absolute Gasteiger partial charge is 0.452 e. The van der Waals surface area contributed by atoms with Crippen molar-refractivity contribution in [2.45, 2.75) is 149 Å². The summed E-state index contributed by atoms with van der Waals surface area (Å²) in [5.41, 5.74) is 1.07. The van der Waals surface area contributed by atoms with Crippen molar-refractivity contribution >= 4 is 17.7 Å². The standard InChI is InChI=1S/C34H59NO7/c1-6-12-32-33(40)35-23-29(37)22-31(39)30(38)20-19-24(3)14-10-15-27(7-2)16-11-18-28(36)17-9-8-13-25(4)21-26(5)34(41)42-32/h10,14-15,25-27,29-32,37-39H,6-9,11-13,16-23H2,1-5H3,(H,35,40)/b15-10+,24-14+/t25-,26+,27+,29+,30-,31+,32+/m1/s1. The lowest BCUT2D eigenvalue weighted by Crippen LogP contribution is -2.43. The zero-order valence-electron chi connectivity index (χ0n) is 26.9. The summed E-state index contributed by atoms with van der Waals surface area (Å²) < 4.78 is 5.58. The van der Waals surface area contributed by atoms with Crippen molar-refractivity contribution in [1.29, 1.82) is 0 Å². The summed E-state index contributed by atoms with van der Waals surface area (Å²) in [7, 11) is 0. The van der Waals surface area contributed by atoms with Gasteiger partial charge in [-0.15, -0.1) is 0 Å². The monoisotopic (exact) mass is 593 g/mol. The molecular weight excluding hydrogens is 534 g/mol. The number of rotatable bonds is 3. The van der Waals surface area contributed by atoms with Gasteiger partial charge in [0.1, 0.15) is 5.78 Å². The molecule has 4 N–H and O–H groups in total. The van der Waals surface area contributed by atoms with Gasteiger partial charge >= 0.3 is 5.97 Å². The molecule has 0 saturated carbocycles. The molecule has 0 radical (unpaired) electrons. The van der Waals surface area contributed by atoms with Gasteiger partial charge in [-0.05, 0) is 70.1 Å². The predicted octanol–water partition coefficient (Wildman–Crippen LogP) is 5.57. The average molecular weight is 594 g/mol. The van der Waals surface area contributed by atoms with Crippen LogP contribution in [0.25, 0.3) is 0 Å². The van der Waals surface area contributed by atoms with Crippen LogP contribution in [0.15, 0.2) is 23.8 Å². The molecule has 42 heavy (non-hydrogen) atoms. The number of aliphatic hydroxyl groups excluding tert-OH is 3. The van der Waals surface area contributed by atoms with Crippen LogP contribution in [-0.4, -0.2) is 63.9 Å². The van der Waals surface area contributed by atoms with E-state index in [-0.39, 0.29) is 18.9 Å². The fraction of sp³-hybridized carbons (Fsp3) is 0.794. The quantitative estimate of drug-likeness (QED) is 0.314. The summed E-state index contributed by atoms with van der Waals surface area (Å²) in [6, 6.07) is 0. The second-order valence-corrected chi connectivity index (χ2v) is 12.5. The normalized spacial score (nSPS) is 33.8. The van der Waals surface area contributed by atoms with Crippen LogP contribution in [0, 0.1) is 17.8 Å². The molecule has 8 nitrogen and oxygen atoms in total. The molecular formula is C34H59NO7. The molecule has 0 aromatic heterocycles. The smallest absolute Gasteiger partial charge is 0.309 e. The Kier molecular flexibility index (Phi) is 19.6. The van der Waals surface area contributed by atoms with E-state index in [1.807, 2.05) is 32.9 Å². The van der Waals surface area contributed by atoms with E-state index in [9.17, 15) is 29.7 Å². The Labute approximate surface area is 254 Å². The van der Waals surface area contributed by atoms with Crippen LogP contribution in [0.2, 0.25) is 0 Å². The van der Waals surface area contributed by atoms with Gasteiger partial charge in [-0.25, -0.2) is 0 Å². The van der Waals surface area contributed by atoms with E-state index >= 15 is 0 Å². The van der Waals surface area contributed by atoms with Crippen LogP contribution in [-0.2, 0) is 19.1 Å². The summed E-state index contributed by atoms with van der Waals surface area (Å²) in [5.74, 6) is -0.230. The first-order chi connectivity index (χ1) is 20.0. The topological polar surface area (TPSA) is 133 Å². The van der Waals surface area contributed by atoms with Crippen molar-refractivity contribution in [3.8, 4) is 0 Å². The molecule has 1 rings (SSSR count). The maximum Gasteiger partial charge on any atom is 0.309 e. The molecule has 8 heteroatoms. The van der Waals surface area contributed by atoms with Gasteiger partial charge in [-0.3, -0.25) is 14.4 Å². The maximum atomic E-state index is 12.8. The molecule has 1 heterocycles. The number of carbonyl (C=O) groups excluding carboxylic acids is 3. The molecule has 1 amide bonds. The van der Waals surface area contributed by atoms with Crippen molar-refractivity contribution in [3.63, 3.8) is 0 Å². The number of nitrogens with one attached hydrogen (secondary N) is 1. The van der Waals surface area contributed by atoms with Crippen molar-refractivity contribution in [2.24, 2.45) is 17.8 Å². The fourth-order valence-corrected chi connectivity index (χ4v) is 5.40. The van der Waals surface area contributed by atoms with Crippen LogP contribution >= 0.6 is 0 Å². The van der Waals surface area contributed by atoms with E-state index in [0.717, 1.165) is 44.1 Å². The summed E-state index contributed by atoms with van der Waals surface area (Å²) >= 11 is 0. The number of Topliss-reactive ketones (excluding diaryl/α,β-unsaturated/α-hetero) is 1. The first-order valence-corrected chi connectivity index (χ1v) is 16.3. The van der Waals surface area contributed by atoms with Crippen molar-refractivity contribution < 1.29 is 34.4 Å². The molecule has 1 aliphatic heterocycles. The maximum absolute atomic E-state index is 12.8. The van der Waals surface area contributed by atoms with Gasteiger partial charge < -0.3 is 25.4 Å². The average Bonchev–Trinajstić information content (AvgIpc) is 2.95. The van der Waals surface area contributed by atoms with Gasteiger partial charge in [-0.1, -0.05) is 70.8 Å². The Morgan fingerprint density at radius 3 is 2.31 bits per heavy atom. The number of hydrogen-bond donors (Lipinski definition) is 4. The number of amides is 1. The van der Waals surface area contributed by atoms with Crippen LogP contribution in [0.3, 0.4) is 0 Å². The molecule has 0 saturated heterocycles. The second-order valence-electron chi connectivity index (χ2n) is 12.5. The summed E-state index contributed by atoms with van der Waals surface area (Å²) in [6.45, 7) is 9.83. The van der Waals surface area contributed by atoms with Crippen LogP contribution in [0.5, 0.6) is 0 Å². The van der Waals surface area contributed by atoms with E-state index in [4.69, 9.17) is 4.74 Å². The molecule has 0 aliphatic carbocycles. The minimum absolute atomic E-state index is 0.0854. The Bertz CT molecular complexity index is 855. The van der Waals surface area contributed by atoms with E-state index in [0.29, 0.717) is 62.6 Å². The summed E-state index contributed by atoms with van der Waals surface area (Å²) in [5, 5.41) is 33.8. The van der Waals surface area contributed by atoms with Crippen LogP contribution in [0.4, 0.5) is 0 Å². The van der Waals surface area contributed by atoms with Crippen LogP contribution in [0.1, 0.15) is 125 Å². The molecule has 242 valence electrons. The molecule has 0 aromatic carbocycles. The molecule has 0 fully saturated rings. The molecule has 1 aliphatic rings. The third-order valence-corrected chi connectivity index (χ3v) is 8.29. The highest BCUT2D eigenvalue weighted by Crippen LogP contribution is 2.22. The molecule has 0 spiro atoms. The molecule has 7 atom stereocenters. The zero-order chi connectivity index (χ0) is 31.5. The number of esters is 1. The zero-order valence-corrected chi connectivity index (χ0v) is 26.9. The third kappa shape index (κ3) is 16.6. The third-order valence-electron chi connectivity index (χ3n) is 8.29. The number of allylic oxidation sites excluding steroid dienone is 4. The number of ketones is 1. The number of cyclic esters (lactones) is 1. The number of carbonyl (C=O) groups is 3. The van der Waals surface area contributed by atoms with E-state index in [1.54, 1.807) is 0 Å². The Morgan fingerprint density at radius 2 is 1.62 bits per heavy atom. The van der Waals surface area contributed by atoms with E-state index in [2.05, 4.69) is 25.2 Å². The van der Waals surface area contributed by atoms with Gasteiger partial charge in [0, 0.05) is 25.8 Å². The molecule has 0 unspecified atom stereocenters. The van der Waals surface area contributed by atoms with Gasteiger partial charge in [0.05, 0.1) is 24.2 Å². The minimum atomic E-state index is -1.13. The van der Waals surface area contributed by atoms with Crippen molar-refractivity contribution in [2.75, 3.05) is 6.54 Å². The summed E-state index contributed by atoms with van der Waals surface area (Å²) in [6.07, 6.45) is 11.4.